The summed E-state index contributed by atoms with van der Waals surface area (Å²) in [4.78, 5) is 8.59. The van der Waals surface area contributed by atoms with Gasteiger partial charge in [0.2, 0.25) is 11.7 Å². The van der Waals surface area contributed by atoms with Crippen molar-refractivity contribution in [3.05, 3.63) is 53.5 Å². The second kappa shape index (κ2) is 7.01. The van der Waals surface area contributed by atoms with E-state index in [1.165, 1.54) is 6.20 Å². The van der Waals surface area contributed by atoms with Crippen molar-refractivity contribution in [3.8, 4) is 29.1 Å². The first-order chi connectivity index (χ1) is 12.2. The normalized spacial score (nSPS) is 11.6. The quantitative estimate of drug-likeness (QED) is 0.706. The Morgan fingerprint density at radius 2 is 1.92 bits per heavy atom. The third-order valence-corrected chi connectivity index (χ3v) is 3.84. The van der Waals surface area contributed by atoms with Gasteiger partial charge in [0.05, 0.1) is 25.7 Å². The number of rotatable bonds is 5. The van der Waals surface area contributed by atoms with Crippen LogP contribution in [0.5, 0.6) is 11.5 Å². The van der Waals surface area contributed by atoms with Gasteiger partial charge in [0.25, 0.3) is 0 Å². The Morgan fingerprint density at radius 1 is 1.12 bits per heavy atom. The average molecular weight is 336 g/mol. The minimum absolute atomic E-state index is 0.126. The highest BCUT2D eigenvalue weighted by Gasteiger charge is 2.19. The van der Waals surface area contributed by atoms with Crippen LogP contribution in [-0.2, 0) is 0 Å². The molecule has 126 valence electrons. The molecule has 0 spiro atoms. The Kier molecular flexibility index (Phi) is 4.61. The van der Waals surface area contributed by atoms with E-state index in [0.717, 1.165) is 5.56 Å². The molecule has 0 aliphatic heterocycles. The molecule has 0 unspecified atom stereocenters. The van der Waals surface area contributed by atoms with Gasteiger partial charge in [-0.1, -0.05) is 11.2 Å². The third-order valence-electron chi connectivity index (χ3n) is 3.84. The second-order valence-corrected chi connectivity index (χ2v) is 5.34. The molecule has 0 bridgehead atoms. The summed E-state index contributed by atoms with van der Waals surface area (Å²) in [6, 6.07) is 11.0. The molecule has 1 aromatic carbocycles. The molecule has 0 aliphatic rings. The van der Waals surface area contributed by atoms with Crippen LogP contribution in [0.4, 0.5) is 0 Å². The number of nitriles is 1. The number of benzene rings is 1. The highest BCUT2D eigenvalue weighted by Crippen LogP contribution is 2.33. The number of hydrogen-bond acceptors (Lipinski definition) is 7. The highest BCUT2D eigenvalue weighted by molar-refractivity contribution is 5.50. The number of hydrogen-bond donors (Lipinski definition) is 0. The third kappa shape index (κ3) is 3.28. The first-order valence-corrected chi connectivity index (χ1v) is 7.58. The molecule has 25 heavy (non-hydrogen) atoms. The molecule has 0 aliphatic carbocycles. The molecule has 0 amide bonds. The van der Waals surface area contributed by atoms with Crippen LogP contribution in [0.3, 0.4) is 0 Å². The SMILES string of the molecule is COc1ccc([C@@H](C)c2nc(-c3ccc(C#N)cn3)no2)cc1OC. The van der Waals surface area contributed by atoms with Crippen molar-refractivity contribution in [2.45, 2.75) is 12.8 Å². The van der Waals surface area contributed by atoms with Crippen LogP contribution in [-0.4, -0.2) is 29.3 Å². The van der Waals surface area contributed by atoms with Crippen LogP contribution in [0, 0.1) is 11.3 Å². The van der Waals surface area contributed by atoms with Crippen LogP contribution in [0.2, 0.25) is 0 Å². The van der Waals surface area contributed by atoms with Crippen molar-refractivity contribution >= 4 is 0 Å². The van der Waals surface area contributed by atoms with Crippen molar-refractivity contribution in [2.24, 2.45) is 0 Å². The molecule has 7 nitrogen and oxygen atoms in total. The van der Waals surface area contributed by atoms with Crippen molar-refractivity contribution in [1.82, 2.24) is 15.1 Å². The lowest BCUT2D eigenvalue weighted by Crippen LogP contribution is -1.99. The van der Waals surface area contributed by atoms with Gasteiger partial charge < -0.3 is 14.0 Å². The van der Waals surface area contributed by atoms with Crippen LogP contribution >= 0.6 is 0 Å². The molecule has 2 heterocycles. The zero-order chi connectivity index (χ0) is 17.8. The summed E-state index contributed by atoms with van der Waals surface area (Å²) in [5.74, 6) is 2.02. The monoisotopic (exact) mass is 336 g/mol. The predicted octanol–water partition coefficient (Wildman–Crippen LogP) is 3.17. The lowest BCUT2D eigenvalue weighted by atomic mass is 10.0. The second-order valence-electron chi connectivity index (χ2n) is 5.34. The molecule has 3 rings (SSSR count). The molecule has 0 N–H and O–H groups in total. The number of aromatic nitrogens is 3. The van der Waals surface area contributed by atoms with E-state index in [9.17, 15) is 0 Å². The van der Waals surface area contributed by atoms with Gasteiger partial charge in [-0.05, 0) is 36.8 Å². The van der Waals surface area contributed by atoms with Gasteiger partial charge in [-0.25, -0.2) is 0 Å². The maximum atomic E-state index is 8.82. The maximum Gasteiger partial charge on any atom is 0.234 e. The lowest BCUT2D eigenvalue weighted by molar-refractivity contribution is 0.352. The van der Waals surface area contributed by atoms with Crippen molar-refractivity contribution < 1.29 is 14.0 Å². The van der Waals surface area contributed by atoms with Gasteiger partial charge in [0, 0.05) is 6.20 Å². The molecule has 0 saturated heterocycles. The van der Waals surface area contributed by atoms with Gasteiger partial charge in [0.15, 0.2) is 11.5 Å². The zero-order valence-electron chi connectivity index (χ0n) is 14.1. The van der Waals surface area contributed by atoms with Crippen LogP contribution in [0.1, 0.15) is 29.9 Å². The molecule has 0 saturated carbocycles. The average Bonchev–Trinajstić information content (AvgIpc) is 3.17. The first-order valence-electron chi connectivity index (χ1n) is 7.58. The maximum absolute atomic E-state index is 8.82. The summed E-state index contributed by atoms with van der Waals surface area (Å²) in [5.41, 5.74) is 1.99. The summed E-state index contributed by atoms with van der Waals surface area (Å²) in [5, 5.41) is 12.8. The van der Waals surface area contributed by atoms with Crippen LogP contribution in [0.15, 0.2) is 41.1 Å². The molecular weight excluding hydrogens is 320 g/mol. The summed E-state index contributed by atoms with van der Waals surface area (Å²) >= 11 is 0. The van der Waals surface area contributed by atoms with E-state index in [-0.39, 0.29) is 5.92 Å². The summed E-state index contributed by atoms with van der Waals surface area (Å²) in [6.07, 6.45) is 1.48. The Balaban J connectivity index is 1.87. The van der Waals surface area contributed by atoms with Gasteiger partial charge in [-0.3, -0.25) is 4.98 Å². The molecule has 2 aromatic heterocycles. The van der Waals surface area contributed by atoms with E-state index in [2.05, 4.69) is 15.1 Å². The van der Waals surface area contributed by atoms with Gasteiger partial charge in [-0.15, -0.1) is 0 Å². The fraction of sp³-hybridized carbons (Fsp3) is 0.222. The highest BCUT2D eigenvalue weighted by atomic mass is 16.5. The molecule has 3 aromatic rings. The summed E-state index contributed by atoms with van der Waals surface area (Å²) in [6.45, 7) is 1.96. The summed E-state index contributed by atoms with van der Waals surface area (Å²) < 4.78 is 16.0. The van der Waals surface area contributed by atoms with E-state index >= 15 is 0 Å². The van der Waals surface area contributed by atoms with Crippen molar-refractivity contribution in [3.63, 3.8) is 0 Å². The smallest absolute Gasteiger partial charge is 0.234 e. The van der Waals surface area contributed by atoms with Crippen molar-refractivity contribution in [1.29, 1.82) is 5.26 Å². The largest absolute Gasteiger partial charge is 0.493 e. The zero-order valence-corrected chi connectivity index (χ0v) is 14.1. The minimum Gasteiger partial charge on any atom is -0.493 e. The van der Waals surface area contributed by atoms with E-state index < -0.39 is 0 Å². The Hall–Kier alpha value is -3.40. The van der Waals surface area contributed by atoms with Crippen LogP contribution in [0.25, 0.3) is 11.5 Å². The fourth-order valence-corrected chi connectivity index (χ4v) is 2.37. The number of methoxy groups -OCH3 is 2. The van der Waals surface area contributed by atoms with Gasteiger partial charge in [0.1, 0.15) is 11.8 Å². The topological polar surface area (TPSA) is 94.1 Å². The minimum atomic E-state index is -0.126. The standard InChI is InChI=1S/C18H16N4O3/c1-11(13-5-7-15(23-2)16(8-13)24-3)18-21-17(22-25-18)14-6-4-12(9-19)10-20-14/h4-8,10-11H,1-3H3/t11-/m1/s1. The molecule has 0 fully saturated rings. The summed E-state index contributed by atoms with van der Waals surface area (Å²) in [7, 11) is 3.18. The first kappa shape index (κ1) is 16.5. The Bertz CT molecular complexity index is 913. The molecule has 1 atom stereocenters. The number of ether oxygens (including phenoxy) is 2. The van der Waals surface area contributed by atoms with Gasteiger partial charge in [-0.2, -0.15) is 10.2 Å². The van der Waals surface area contributed by atoms with Crippen LogP contribution < -0.4 is 9.47 Å². The van der Waals surface area contributed by atoms with Crippen molar-refractivity contribution in [2.75, 3.05) is 14.2 Å². The van der Waals surface area contributed by atoms with E-state index in [1.807, 2.05) is 31.2 Å². The fourth-order valence-electron chi connectivity index (χ4n) is 2.37. The number of nitrogens with zero attached hydrogens (tertiary/aromatic N) is 4. The predicted molar refractivity (Wildman–Crippen MR) is 89.3 cm³/mol. The molecular formula is C18H16N4O3. The molecule has 7 heteroatoms. The lowest BCUT2D eigenvalue weighted by Gasteiger charge is -2.12. The Labute approximate surface area is 144 Å². The molecule has 0 radical (unpaired) electrons. The van der Waals surface area contributed by atoms with E-state index in [4.69, 9.17) is 19.3 Å². The van der Waals surface area contributed by atoms with E-state index in [1.54, 1.807) is 26.4 Å². The Morgan fingerprint density at radius 3 is 2.56 bits per heavy atom. The van der Waals surface area contributed by atoms with E-state index in [0.29, 0.717) is 34.5 Å². The van der Waals surface area contributed by atoms with Gasteiger partial charge >= 0.3 is 0 Å². The number of pyridine rings is 1.